The largest absolute Gasteiger partial charge is 0.491 e. The summed E-state index contributed by atoms with van der Waals surface area (Å²) in [6.45, 7) is 6.05. The Bertz CT molecular complexity index is 848. The molecule has 4 nitrogen and oxygen atoms in total. The Balaban J connectivity index is 1.67. The highest BCUT2D eigenvalue weighted by molar-refractivity contribution is 6.07. The lowest BCUT2D eigenvalue weighted by atomic mass is 10.0. The second-order valence-corrected chi connectivity index (χ2v) is 6.59. The number of esters is 1. The van der Waals surface area contributed by atoms with Crippen LogP contribution in [0.1, 0.15) is 37.0 Å². The Labute approximate surface area is 154 Å². The molecule has 1 aliphatic heterocycles. The van der Waals surface area contributed by atoms with Crippen molar-refractivity contribution in [3.63, 3.8) is 0 Å². The molecule has 0 atom stereocenters. The zero-order valence-electron chi connectivity index (χ0n) is 15.4. The molecule has 0 bridgehead atoms. The molecule has 0 radical (unpaired) electrons. The highest BCUT2D eigenvalue weighted by Crippen LogP contribution is 2.20. The van der Waals surface area contributed by atoms with E-state index in [-0.39, 0.29) is 6.10 Å². The summed E-state index contributed by atoms with van der Waals surface area (Å²) < 4.78 is 10.9. The van der Waals surface area contributed by atoms with E-state index >= 15 is 0 Å². The van der Waals surface area contributed by atoms with Crippen molar-refractivity contribution in [3.05, 3.63) is 70.9 Å². The molecule has 26 heavy (non-hydrogen) atoms. The molecule has 0 aliphatic carbocycles. The van der Waals surface area contributed by atoms with Gasteiger partial charge in [0.2, 0.25) is 0 Å². The second kappa shape index (κ2) is 8.00. The van der Waals surface area contributed by atoms with Crippen LogP contribution in [0.25, 0.3) is 6.08 Å². The van der Waals surface area contributed by atoms with Crippen LogP contribution in [-0.2, 0) is 16.0 Å². The Morgan fingerprint density at radius 1 is 1.08 bits per heavy atom. The van der Waals surface area contributed by atoms with Gasteiger partial charge in [0.05, 0.1) is 6.10 Å². The minimum Gasteiger partial charge on any atom is -0.491 e. The molecular formula is C22H23NO3. The monoisotopic (exact) mass is 349 g/mol. The zero-order chi connectivity index (χ0) is 18.5. The van der Waals surface area contributed by atoms with Crippen molar-refractivity contribution in [1.29, 1.82) is 0 Å². The Kier molecular flexibility index (Phi) is 5.52. The van der Waals surface area contributed by atoms with Crippen LogP contribution in [0.3, 0.4) is 0 Å². The lowest BCUT2D eigenvalue weighted by Gasteiger charge is -2.09. The van der Waals surface area contributed by atoms with Crippen LogP contribution in [0.4, 0.5) is 0 Å². The molecule has 0 spiro atoms. The first kappa shape index (κ1) is 17.9. The number of ether oxygens (including phenoxy) is 2. The lowest BCUT2D eigenvalue weighted by molar-refractivity contribution is -0.130. The number of rotatable bonds is 6. The van der Waals surface area contributed by atoms with Gasteiger partial charge < -0.3 is 9.47 Å². The molecule has 0 amide bonds. The topological polar surface area (TPSA) is 47.9 Å². The van der Waals surface area contributed by atoms with Crippen molar-refractivity contribution in [2.45, 2.75) is 39.7 Å². The van der Waals surface area contributed by atoms with E-state index < -0.39 is 5.97 Å². The van der Waals surface area contributed by atoms with Gasteiger partial charge in [-0.05, 0) is 62.1 Å². The number of nitrogens with zero attached hydrogens (tertiary/aromatic N) is 1. The minimum absolute atomic E-state index is 0.129. The molecule has 3 rings (SSSR count). The predicted octanol–water partition coefficient (Wildman–Crippen LogP) is 4.71. The second-order valence-electron chi connectivity index (χ2n) is 6.59. The number of aryl methyl sites for hydroxylation is 2. The standard InChI is InChI=1S/C22H23NO3/c1-15(2)25-19-11-8-17(9-12-19)14-20-22(24)26-21(23-20)13-10-18-7-5-4-6-16(18)3/h4-9,11-12,14-15H,10,13H2,1-3H3/b20-14+. The summed E-state index contributed by atoms with van der Waals surface area (Å²) in [7, 11) is 0. The highest BCUT2D eigenvalue weighted by Gasteiger charge is 2.22. The van der Waals surface area contributed by atoms with E-state index in [4.69, 9.17) is 9.47 Å². The van der Waals surface area contributed by atoms with E-state index in [9.17, 15) is 4.79 Å². The third kappa shape index (κ3) is 4.60. The van der Waals surface area contributed by atoms with Crippen molar-refractivity contribution in [3.8, 4) is 5.75 Å². The van der Waals surface area contributed by atoms with Gasteiger partial charge in [-0.15, -0.1) is 0 Å². The van der Waals surface area contributed by atoms with Crippen LogP contribution in [-0.4, -0.2) is 18.0 Å². The maximum absolute atomic E-state index is 12.0. The van der Waals surface area contributed by atoms with Crippen molar-refractivity contribution in [2.24, 2.45) is 4.99 Å². The maximum atomic E-state index is 12.0. The molecule has 4 heteroatoms. The molecule has 0 fully saturated rings. The fourth-order valence-electron chi connectivity index (χ4n) is 2.77. The van der Waals surface area contributed by atoms with Crippen molar-refractivity contribution >= 4 is 17.9 Å². The molecule has 0 aromatic heterocycles. The SMILES string of the molecule is Cc1ccccc1CCC1=N/C(=C/c2ccc(OC(C)C)cc2)C(=O)O1. The summed E-state index contributed by atoms with van der Waals surface area (Å²) in [6, 6.07) is 15.8. The van der Waals surface area contributed by atoms with E-state index in [0.29, 0.717) is 18.0 Å². The molecule has 134 valence electrons. The first-order chi connectivity index (χ1) is 12.5. The normalized spacial score (nSPS) is 15.3. The number of carbonyl (C=O) groups is 1. The molecule has 0 unspecified atom stereocenters. The van der Waals surface area contributed by atoms with Gasteiger partial charge in [-0.3, -0.25) is 0 Å². The van der Waals surface area contributed by atoms with Crippen molar-refractivity contribution in [1.82, 2.24) is 0 Å². The van der Waals surface area contributed by atoms with Gasteiger partial charge in [0.25, 0.3) is 0 Å². The summed E-state index contributed by atoms with van der Waals surface area (Å²) in [5, 5.41) is 0. The number of aliphatic imine (C=N–C) groups is 1. The Hall–Kier alpha value is -2.88. The first-order valence-corrected chi connectivity index (χ1v) is 8.84. The average Bonchev–Trinajstić information content (AvgIpc) is 2.95. The molecule has 0 saturated carbocycles. The molecule has 0 saturated heterocycles. The lowest BCUT2D eigenvalue weighted by Crippen LogP contribution is -2.05. The van der Waals surface area contributed by atoms with E-state index in [0.717, 1.165) is 17.7 Å². The number of hydrogen-bond acceptors (Lipinski definition) is 4. The molecule has 1 heterocycles. The smallest absolute Gasteiger partial charge is 0.363 e. The van der Waals surface area contributed by atoms with Crippen LogP contribution < -0.4 is 4.74 Å². The number of hydrogen-bond donors (Lipinski definition) is 0. The molecule has 2 aromatic rings. The van der Waals surface area contributed by atoms with Gasteiger partial charge in [0.1, 0.15) is 5.75 Å². The van der Waals surface area contributed by atoms with Gasteiger partial charge in [-0.1, -0.05) is 36.4 Å². The summed E-state index contributed by atoms with van der Waals surface area (Å²) in [4.78, 5) is 16.4. The fraction of sp³-hybridized carbons (Fsp3) is 0.273. The quantitative estimate of drug-likeness (QED) is 0.560. The van der Waals surface area contributed by atoms with Gasteiger partial charge in [-0.2, -0.15) is 0 Å². The van der Waals surface area contributed by atoms with Crippen molar-refractivity contribution < 1.29 is 14.3 Å². The first-order valence-electron chi connectivity index (χ1n) is 8.84. The minimum atomic E-state index is -0.396. The molecular weight excluding hydrogens is 326 g/mol. The third-order valence-corrected chi connectivity index (χ3v) is 4.09. The molecule has 1 aliphatic rings. The number of carbonyl (C=O) groups excluding carboxylic acids is 1. The zero-order valence-corrected chi connectivity index (χ0v) is 15.4. The number of cyclic esters (lactones) is 1. The van der Waals surface area contributed by atoms with Crippen LogP contribution in [0.15, 0.2) is 59.2 Å². The summed E-state index contributed by atoms with van der Waals surface area (Å²) in [6.07, 6.45) is 3.27. The highest BCUT2D eigenvalue weighted by atomic mass is 16.6. The fourth-order valence-corrected chi connectivity index (χ4v) is 2.77. The van der Waals surface area contributed by atoms with E-state index in [1.165, 1.54) is 11.1 Å². The van der Waals surface area contributed by atoms with Crippen LogP contribution in [0.2, 0.25) is 0 Å². The Morgan fingerprint density at radius 2 is 1.81 bits per heavy atom. The summed E-state index contributed by atoms with van der Waals surface area (Å²) >= 11 is 0. The maximum Gasteiger partial charge on any atom is 0.363 e. The van der Waals surface area contributed by atoms with Gasteiger partial charge in [0.15, 0.2) is 11.6 Å². The van der Waals surface area contributed by atoms with Gasteiger partial charge in [-0.25, -0.2) is 9.79 Å². The molecule has 0 N–H and O–H groups in total. The predicted molar refractivity (Wildman–Crippen MR) is 103 cm³/mol. The molecule has 2 aromatic carbocycles. The van der Waals surface area contributed by atoms with Crippen LogP contribution >= 0.6 is 0 Å². The van der Waals surface area contributed by atoms with Gasteiger partial charge >= 0.3 is 5.97 Å². The average molecular weight is 349 g/mol. The van der Waals surface area contributed by atoms with E-state index in [1.807, 2.05) is 50.2 Å². The van der Waals surface area contributed by atoms with Crippen LogP contribution in [0, 0.1) is 6.92 Å². The van der Waals surface area contributed by atoms with Gasteiger partial charge in [0, 0.05) is 6.42 Å². The Morgan fingerprint density at radius 3 is 2.50 bits per heavy atom. The van der Waals surface area contributed by atoms with Crippen LogP contribution in [0.5, 0.6) is 5.75 Å². The van der Waals surface area contributed by atoms with E-state index in [1.54, 1.807) is 6.08 Å². The third-order valence-electron chi connectivity index (χ3n) is 4.09. The number of benzene rings is 2. The van der Waals surface area contributed by atoms with Crippen molar-refractivity contribution in [2.75, 3.05) is 0 Å². The van der Waals surface area contributed by atoms with E-state index in [2.05, 4.69) is 24.0 Å². The summed E-state index contributed by atoms with van der Waals surface area (Å²) in [5.41, 5.74) is 3.69. The summed E-state index contributed by atoms with van der Waals surface area (Å²) in [5.74, 6) is 0.884.